The van der Waals surface area contributed by atoms with E-state index in [0.29, 0.717) is 12.1 Å². The van der Waals surface area contributed by atoms with Crippen LogP contribution in [0.5, 0.6) is 0 Å². The van der Waals surface area contributed by atoms with E-state index in [1.807, 2.05) is 13.0 Å². The van der Waals surface area contributed by atoms with Crippen LogP contribution in [-0.2, 0) is 11.2 Å². The second-order valence-corrected chi connectivity index (χ2v) is 5.97. The summed E-state index contributed by atoms with van der Waals surface area (Å²) in [6.45, 7) is 3.52. The molecule has 1 aromatic rings. The summed E-state index contributed by atoms with van der Waals surface area (Å²) in [4.78, 5) is 14.0. The maximum Gasteiger partial charge on any atom is 0.321 e. The maximum atomic E-state index is 12.3. The lowest BCUT2D eigenvalue weighted by atomic mass is 10.1. The van der Waals surface area contributed by atoms with E-state index >= 15 is 0 Å². The third-order valence-electron chi connectivity index (χ3n) is 4.26. The fourth-order valence-electron chi connectivity index (χ4n) is 2.76. The zero-order chi connectivity index (χ0) is 16.7. The van der Waals surface area contributed by atoms with E-state index in [2.05, 4.69) is 11.4 Å². The third-order valence-corrected chi connectivity index (χ3v) is 4.26. The Morgan fingerprint density at radius 1 is 1.48 bits per heavy atom. The van der Waals surface area contributed by atoms with E-state index in [-0.39, 0.29) is 12.1 Å². The molecule has 23 heavy (non-hydrogen) atoms. The maximum absolute atomic E-state index is 12.3. The highest BCUT2D eigenvalue weighted by molar-refractivity contribution is 5.90. The highest BCUT2D eigenvalue weighted by Gasteiger charge is 2.17. The van der Waals surface area contributed by atoms with Gasteiger partial charge in [-0.3, -0.25) is 0 Å². The van der Waals surface area contributed by atoms with Gasteiger partial charge in [-0.25, -0.2) is 4.79 Å². The zero-order valence-corrected chi connectivity index (χ0v) is 14.0. The molecule has 1 aliphatic rings. The molecule has 1 aromatic carbocycles. The minimum Gasteiger partial charge on any atom is -0.378 e. The van der Waals surface area contributed by atoms with Crippen LogP contribution < -0.4 is 5.32 Å². The highest BCUT2D eigenvalue weighted by atomic mass is 16.5. The Morgan fingerprint density at radius 3 is 2.96 bits per heavy atom. The Kier molecular flexibility index (Phi) is 6.42. The number of urea groups is 1. The van der Waals surface area contributed by atoms with Crippen molar-refractivity contribution >= 4 is 11.7 Å². The smallest absolute Gasteiger partial charge is 0.321 e. The van der Waals surface area contributed by atoms with Crippen molar-refractivity contribution in [1.82, 2.24) is 4.90 Å². The summed E-state index contributed by atoms with van der Waals surface area (Å²) in [6, 6.07) is 7.35. The molecular formula is C18H25N3O2. The van der Waals surface area contributed by atoms with Crippen molar-refractivity contribution in [3.63, 3.8) is 0 Å². The van der Waals surface area contributed by atoms with Crippen LogP contribution >= 0.6 is 0 Å². The van der Waals surface area contributed by atoms with Crippen molar-refractivity contribution < 1.29 is 9.53 Å². The van der Waals surface area contributed by atoms with Gasteiger partial charge in [-0.1, -0.05) is 6.92 Å². The van der Waals surface area contributed by atoms with Gasteiger partial charge in [0.25, 0.3) is 0 Å². The Labute approximate surface area is 138 Å². The lowest BCUT2D eigenvalue weighted by Crippen LogP contribution is -2.34. The third kappa shape index (κ3) is 4.97. The van der Waals surface area contributed by atoms with E-state index in [9.17, 15) is 4.79 Å². The number of ether oxygens (including phenoxy) is 1. The van der Waals surface area contributed by atoms with Gasteiger partial charge in [0.15, 0.2) is 0 Å². The quantitative estimate of drug-likeness (QED) is 0.903. The lowest BCUT2D eigenvalue weighted by molar-refractivity contribution is 0.00848. The highest BCUT2D eigenvalue weighted by Crippen LogP contribution is 2.19. The fourth-order valence-corrected chi connectivity index (χ4v) is 2.76. The lowest BCUT2D eigenvalue weighted by Gasteiger charge is -2.25. The van der Waals surface area contributed by atoms with Gasteiger partial charge in [0.05, 0.1) is 17.7 Å². The number of nitriles is 1. The van der Waals surface area contributed by atoms with E-state index in [1.54, 1.807) is 24.1 Å². The molecule has 1 saturated heterocycles. The first kappa shape index (κ1) is 17.3. The summed E-state index contributed by atoms with van der Waals surface area (Å²) in [5.74, 6) is 0. The summed E-state index contributed by atoms with van der Waals surface area (Å²) >= 11 is 0. The van der Waals surface area contributed by atoms with E-state index in [4.69, 9.17) is 10.00 Å². The predicted molar refractivity (Wildman–Crippen MR) is 90.4 cm³/mol. The summed E-state index contributed by atoms with van der Waals surface area (Å²) in [5, 5.41) is 11.9. The predicted octanol–water partition coefficient (Wildman–Crippen LogP) is 3.54. The standard InChI is InChI=1S/C18H25N3O2/c1-3-15-12-14(13-19)7-8-17(15)20-18(22)21(2)10-9-16-6-4-5-11-23-16/h7-8,12,16H,3-6,9-11H2,1-2H3,(H,20,22). The number of nitrogens with zero attached hydrogens (tertiary/aromatic N) is 2. The van der Waals surface area contributed by atoms with Crippen molar-refractivity contribution in [2.75, 3.05) is 25.5 Å². The number of carbonyl (C=O) groups excluding carboxylic acids is 1. The van der Waals surface area contributed by atoms with Crippen molar-refractivity contribution in [2.24, 2.45) is 0 Å². The first-order valence-electron chi connectivity index (χ1n) is 8.30. The second kappa shape index (κ2) is 8.54. The number of aryl methyl sites for hydroxylation is 1. The number of rotatable bonds is 5. The molecule has 0 aromatic heterocycles. The molecule has 2 amide bonds. The van der Waals surface area contributed by atoms with Crippen LogP contribution in [0.15, 0.2) is 18.2 Å². The van der Waals surface area contributed by atoms with Crippen LogP contribution in [-0.4, -0.2) is 37.2 Å². The molecule has 0 bridgehead atoms. The van der Waals surface area contributed by atoms with Gasteiger partial charge in [0.2, 0.25) is 0 Å². The number of benzene rings is 1. The van der Waals surface area contributed by atoms with Crippen LogP contribution in [0.4, 0.5) is 10.5 Å². The molecule has 124 valence electrons. The molecule has 1 atom stereocenters. The summed E-state index contributed by atoms with van der Waals surface area (Å²) in [5.41, 5.74) is 2.36. The minimum absolute atomic E-state index is 0.125. The van der Waals surface area contributed by atoms with E-state index < -0.39 is 0 Å². The van der Waals surface area contributed by atoms with Gasteiger partial charge >= 0.3 is 6.03 Å². The summed E-state index contributed by atoms with van der Waals surface area (Å²) < 4.78 is 5.70. The van der Waals surface area contributed by atoms with Gasteiger partial charge in [-0.05, 0) is 55.9 Å². The van der Waals surface area contributed by atoms with E-state index in [1.165, 1.54) is 6.42 Å². The van der Waals surface area contributed by atoms with Gasteiger partial charge in [-0.15, -0.1) is 0 Å². The Balaban J connectivity index is 1.89. The first-order chi connectivity index (χ1) is 11.1. The number of hydrogen-bond acceptors (Lipinski definition) is 3. The molecule has 2 rings (SSSR count). The Hall–Kier alpha value is -2.06. The van der Waals surface area contributed by atoms with Crippen molar-refractivity contribution in [3.05, 3.63) is 29.3 Å². The number of amides is 2. The minimum atomic E-state index is -0.125. The molecule has 1 aliphatic heterocycles. The normalized spacial score (nSPS) is 17.3. The molecule has 1 unspecified atom stereocenters. The molecule has 0 spiro atoms. The molecule has 1 heterocycles. The largest absolute Gasteiger partial charge is 0.378 e. The molecule has 0 radical (unpaired) electrons. The first-order valence-corrected chi connectivity index (χ1v) is 8.30. The second-order valence-electron chi connectivity index (χ2n) is 5.97. The molecule has 5 nitrogen and oxygen atoms in total. The number of hydrogen-bond donors (Lipinski definition) is 1. The molecule has 1 fully saturated rings. The van der Waals surface area contributed by atoms with Gasteiger partial charge < -0.3 is 15.0 Å². The number of nitrogens with one attached hydrogen (secondary N) is 1. The topological polar surface area (TPSA) is 65.4 Å². The summed E-state index contributed by atoms with van der Waals surface area (Å²) in [7, 11) is 1.80. The Bertz CT molecular complexity index is 574. The molecule has 1 N–H and O–H groups in total. The van der Waals surface area contributed by atoms with Crippen molar-refractivity contribution in [2.45, 2.75) is 45.1 Å². The molecular weight excluding hydrogens is 290 g/mol. The van der Waals surface area contributed by atoms with Crippen molar-refractivity contribution in [1.29, 1.82) is 5.26 Å². The number of anilines is 1. The molecule has 0 saturated carbocycles. The van der Waals surface area contributed by atoms with Crippen LogP contribution in [0.3, 0.4) is 0 Å². The fraction of sp³-hybridized carbons (Fsp3) is 0.556. The molecule has 0 aliphatic carbocycles. The zero-order valence-electron chi connectivity index (χ0n) is 14.0. The van der Waals surface area contributed by atoms with E-state index in [0.717, 1.165) is 43.5 Å². The van der Waals surface area contributed by atoms with Crippen LogP contribution in [0.2, 0.25) is 0 Å². The van der Waals surface area contributed by atoms with Crippen LogP contribution in [0.25, 0.3) is 0 Å². The summed E-state index contributed by atoms with van der Waals surface area (Å²) in [6.07, 6.45) is 5.37. The van der Waals surface area contributed by atoms with Crippen LogP contribution in [0, 0.1) is 11.3 Å². The number of carbonyl (C=O) groups is 1. The van der Waals surface area contributed by atoms with Crippen LogP contribution in [0.1, 0.15) is 43.7 Å². The Morgan fingerprint density at radius 2 is 2.30 bits per heavy atom. The molecule has 5 heteroatoms. The van der Waals surface area contributed by atoms with Gasteiger partial charge in [0, 0.05) is 25.9 Å². The van der Waals surface area contributed by atoms with Gasteiger partial charge in [-0.2, -0.15) is 5.26 Å². The SMILES string of the molecule is CCc1cc(C#N)ccc1NC(=O)N(C)CCC1CCCCO1. The average Bonchev–Trinajstić information content (AvgIpc) is 2.60. The average molecular weight is 315 g/mol. The van der Waals surface area contributed by atoms with Gasteiger partial charge in [0.1, 0.15) is 0 Å². The van der Waals surface area contributed by atoms with Crippen molar-refractivity contribution in [3.8, 4) is 6.07 Å². The monoisotopic (exact) mass is 315 g/mol.